The molecule has 0 aliphatic heterocycles. The second-order valence-corrected chi connectivity index (χ2v) is 6.46. The Morgan fingerprint density at radius 3 is 2.83 bits per heavy atom. The minimum Gasteiger partial charge on any atom is -0.488 e. The Morgan fingerprint density at radius 2 is 2.12 bits per heavy atom. The molecule has 126 valence electrons. The van der Waals surface area contributed by atoms with Crippen LogP contribution in [0.4, 0.5) is 0 Å². The Kier molecular flexibility index (Phi) is 7.21. The lowest BCUT2D eigenvalue weighted by Crippen LogP contribution is -2.31. The maximum absolute atomic E-state index is 5.87. The summed E-state index contributed by atoms with van der Waals surface area (Å²) in [4.78, 5) is 0. The molecule has 0 amide bonds. The number of hydrogen-bond acceptors (Lipinski definition) is 3. The SMILES string of the molecule is CCNC(=S)N/N=C\c1ccc(OCc2cccc(C)c2)c(Br)c1. The number of hydrazone groups is 1. The fraction of sp³-hybridized carbons (Fsp3) is 0.222. The molecule has 0 saturated heterocycles. The van der Waals surface area contributed by atoms with E-state index in [1.807, 2.05) is 31.2 Å². The standard InChI is InChI=1S/C18H20BrN3OS/c1-3-20-18(24)22-21-11-14-7-8-17(16(19)10-14)23-12-15-6-4-5-13(2)9-15/h4-11H,3,12H2,1-2H3,(H2,20,22,24)/b21-11-. The van der Waals surface area contributed by atoms with Gasteiger partial charge in [-0.1, -0.05) is 29.8 Å². The van der Waals surface area contributed by atoms with E-state index in [0.717, 1.165) is 27.9 Å². The summed E-state index contributed by atoms with van der Waals surface area (Å²) in [7, 11) is 0. The van der Waals surface area contributed by atoms with E-state index in [0.29, 0.717) is 11.7 Å². The first-order valence-corrected chi connectivity index (χ1v) is 8.83. The number of nitrogens with one attached hydrogen (secondary N) is 2. The van der Waals surface area contributed by atoms with Crippen LogP contribution < -0.4 is 15.5 Å². The molecule has 0 atom stereocenters. The predicted octanol–water partition coefficient (Wildman–Crippen LogP) is 4.15. The van der Waals surface area contributed by atoms with Gasteiger partial charge >= 0.3 is 0 Å². The van der Waals surface area contributed by atoms with Crippen LogP contribution >= 0.6 is 28.1 Å². The lowest BCUT2D eigenvalue weighted by Gasteiger charge is -2.09. The van der Waals surface area contributed by atoms with Crippen LogP contribution in [0.15, 0.2) is 52.0 Å². The zero-order valence-electron chi connectivity index (χ0n) is 13.7. The van der Waals surface area contributed by atoms with E-state index in [2.05, 4.69) is 56.9 Å². The Labute approximate surface area is 156 Å². The molecule has 0 aromatic heterocycles. The third-order valence-corrected chi connectivity index (χ3v) is 4.01. The van der Waals surface area contributed by atoms with Crippen molar-refractivity contribution >= 4 is 39.5 Å². The van der Waals surface area contributed by atoms with Gasteiger partial charge in [0.2, 0.25) is 0 Å². The van der Waals surface area contributed by atoms with Gasteiger partial charge in [0, 0.05) is 6.54 Å². The molecular formula is C18H20BrN3OS. The van der Waals surface area contributed by atoms with Gasteiger partial charge in [0.05, 0.1) is 10.7 Å². The Morgan fingerprint density at radius 1 is 1.29 bits per heavy atom. The van der Waals surface area contributed by atoms with Gasteiger partial charge in [-0.25, -0.2) is 0 Å². The van der Waals surface area contributed by atoms with Gasteiger partial charge in [-0.05, 0) is 71.3 Å². The molecule has 2 aromatic rings. The van der Waals surface area contributed by atoms with Crippen LogP contribution in [-0.4, -0.2) is 17.9 Å². The minimum absolute atomic E-state index is 0.505. The summed E-state index contributed by atoms with van der Waals surface area (Å²) in [6, 6.07) is 14.1. The molecule has 6 heteroatoms. The maximum atomic E-state index is 5.87. The van der Waals surface area contributed by atoms with E-state index in [1.165, 1.54) is 5.56 Å². The normalized spacial score (nSPS) is 10.6. The van der Waals surface area contributed by atoms with Crippen LogP contribution in [0, 0.1) is 6.92 Å². The quantitative estimate of drug-likeness (QED) is 0.430. The highest BCUT2D eigenvalue weighted by Crippen LogP contribution is 2.26. The molecular weight excluding hydrogens is 386 g/mol. The highest BCUT2D eigenvalue weighted by molar-refractivity contribution is 9.10. The van der Waals surface area contributed by atoms with Crippen molar-refractivity contribution in [2.75, 3.05) is 6.54 Å². The molecule has 24 heavy (non-hydrogen) atoms. The van der Waals surface area contributed by atoms with Crippen molar-refractivity contribution < 1.29 is 4.74 Å². The number of hydrogen-bond donors (Lipinski definition) is 2. The van der Waals surface area contributed by atoms with Gasteiger partial charge in [-0.2, -0.15) is 5.10 Å². The smallest absolute Gasteiger partial charge is 0.186 e. The maximum Gasteiger partial charge on any atom is 0.186 e. The van der Waals surface area contributed by atoms with Crippen molar-refractivity contribution in [2.24, 2.45) is 5.10 Å². The van der Waals surface area contributed by atoms with E-state index >= 15 is 0 Å². The van der Waals surface area contributed by atoms with Crippen LogP contribution in [0.1, 0.15) is 23.6 Å². The first kappa shape index (κ1) is 18.4. The fourth-order valence-corrected chi connectivity index (χ4v) is 2.75. The van der Waals surface area contributed by atoms with Crippen LogP contribution in [0.3, 0.4) is 0 Å². The molecule has 0 aliphatic carbocycles. The monoisotopic (exact) mass is 405 g/mol. The first-order chi connectivity index (χ1) is 11.6. The number of nitrogens with zero attached hydrogens (tertiary/aromatic N) is 1. The second kappa shape index (κ2) is 9.39. The highest BCUT2D eigenvalue weighted by Gasteiger charge is 2.03. The molecule has 0 heterocycles. The van der Waals surface area contributed by atoms with E-state index in [1.54, 1.807) is 6.21 Å². The minimum atomic E-state index is 0.505. The lowest BCUT2D eigenvalue weighted by atomic mass is 10.1. The zero-order valence-corrected chi connectivity index (χ0v) is 16.1. The number of rotatable bonds is 6. The summed E-state index contributed by atoms with van der Waals surface area (Å²) < 4.78 is 6.75. The van der Waals surface area contributed by atoms with Gasteiger partial charge in [-0.3, -0.25) is 5.43 Å². The summed E-state index contributed by atoms with van der Waals surface area (Å²) in [6.45, 7) is 5.35. The summed E-state index contributed by atoms with van der Waals surface area (Å²) in [5, 5.41) is 7.57. The van der Waals surface area contributed by atoms with Crippen LogP contribution in [-0.2, 0) is 6.61 Å². The summed E-state index contributed by atoms with van der Waals surface area (Å²) in [5.41, 5.74) is 6.08. The molecule has 2 rings (SSSR count). The van der Waals surface area contributed by atoms with Crippen molar-refractivity contribution in [3.63, 3.8) is 0 Å². The van der Waals surface area contributed by atoms with Gasteiger partial charge < -0.3 is 10.1 Å². The van der Waals surface area contributed by atoms with Crippen molar-refractivity contribution in [2.45, 2.75) is 20.5 Å². The fourth-order valence-electron chi connectivity index (χ4n) is 2.04. The van der Waals surface area contributed by atoms with Crippen LogP contribution in [0.25, 0.3) is 0 Å². The van der Waals surface area contributed by atoms with Crippen molar-refractivity contribution in [3.8, 4) is 5.75 Å². The van der Waals surface area contributed by atoms with Gasteiger partial charge in [0.15, 0.2) is 5.11 Å². The van der Waals surface area contributed by atoms with E-state index < -0.39 is 0 Å². The molecule has 0 spiro atoms. The largest absolute Gasteiger partial charge is 0.488 e. The summed E-state index contributed by atoms with van der Waals surface area (Å²) in [5.74, 6) is 0.796. The molecule has 0 unspecified atom stereocenters. The average Bonchev–Trinajstić information content (AvgIpc) is 2.54. The van der Waals surface area contributed by atoms with Gasteiger partial charge in [-0.15, -0.1) is 0 Å². The van der Waals surface area contributed by atoms with Gasteiger partial charge in [0.1, 0.15) is 12.4 Å². The summed E-state index contributed by atoms with van der Waals surface area (Å²) >= 11 is 8.58. The number of benzene rings is 2. The first-order valence-electron chi connectivity index (χ1n) is 7.63. The van der Waals surface area contributed by atoms with Crippen molar-refractivity contribution in [1.29, 1.82) is 0 Å². The Bertz CT molecular complexity index is 734. The number of halogens is 1. The molecule has 0 aliphatic rings. The topological polar surface area (TPSA) is 45.7 Å². The highest BCUT2D eigenvalue weighted by atomic mass is 79.9. The number of ether oxygens (including phenoxy) is 1. The van der Waals surface area contributed by atoms with E-state index in [9.17, 15) is 0 Å². The lowest BCUT2D eigenvalue weighted by molar-refractivity contribution is 0.304. The van der Waals surface area contributed by atoms with Gasteiger partial charge in [0.25, 0.3) is 0 Å². The average molecular weight is 406 g/mol. The molecule has 0 bridgehead atoms. The number of thiocarbonyl (C=S) groups is 1. The molecule has 2 aromatic carbocycles. The third kappa shape index (κ3) is 5.94. The molecule has 4 nitrogen and oxygen atoms in total. The van der Waals surface area contributed by atoms with Crippen LogP contribution in [0.2, 0.25) is 0 Å². The Hall–Kier alpha value is -1.92. The number of aryl methyl sites for hydroxylation is 1. The van der Waals surface area contributed by atoms with E-state index in [-0.39, 0.29) is 0 Å². The molecule has 0 radical (unpaired) electrons. The van der Waals surface area contributed by atoms with Crippen molar-refractivity contribution in [3.05, 3.63) is 63.6 Å². The molecule has 0 saturated carbocycles. The van der Waals surface area contributed by atoms with E-state index in [4.69, 9.17) is 17.0 Å². The zero-order chi connectivity index (χ0) is 17.4. The summed E-state index contributed by atoms with van der Waals surface area (Å²) in [6.07, 6.45) is 1.71. The third-order valence-electron chi connectivity index (χ3n) is 3.15. The second-order valence-electron chi connectivity index (χ2n) is 5.20. The Balaban J connectivity index is 1.94. The molecule has 2 N–H and O–H groups in total. The van der Waals surface area contributed by atoms with Crippen LogP contribution in [0.5, 0.6) is 5.75 Å². The van der Waals surface area contributed by atoms with Crippen molar-refractivity contribution in [1.82, 2.24) is 10.7 Å². The molecule has 0 fully saturated rings. The predicted molar refractivity (Wildman–Crippen MR) is 107 cm³/mol.